The summed E-state index contributed by atoms with van der Waals surface area (Å²) in [6.07, 6.45) is 1.68. The van der Waals surface area contributed by atoms with Gasteiger partial charge in [-0.2, -0.15) is 0 Å². The van der Waals surface area contributed by atoms with Crippen molar-refractivity contribution in [1.82, 2.24) is 0 Å². The molecule has 0 rings (SSSR count). The van der Waals surface area contributed by atoms with Crippen LogP contribution in [-0.4, -0.2) is 18.1 Å². The van der Waals surface area contributed by atoms with E-state index in [9.17, 15) is 0 Å². The number of aliphatic imine (C=N–C) groups is 1. The van der Waals surface area contributed by atoms with Crippen molar-refractivity contribution >= 4 is 17.3 Å². The Morgan fingerprint density at radius 1 is 1.88 bits per heavy atom. The Morgan fingerprint density at radius 2 is 2.50 bits per heavy atom. The molecule has 0 saturated carbocycles. The number of nitrogens with zero attached hydrogens (tertiary/aromatic N) is 1. The maximum Gasteiger partial charge on any atom is 0.0642 e. The Morgan fingerprint density at radius 3 is 2.62 bits per heavy atom. The minimum absolute atomic E-state index is 0.470. The van der Waals surface area contributed by atoms with Gasteiger partial charge in [-0.3, -0.25) is 4.99 Å². The topological polar surface area (TPSA) is 12.4 Å². The van der Waals surface area contributed by atoms with Crippen LogP contribution in [0.1, 0.15) is 6.92 Å². The van der Waals surface area contributed by atoms with Crippen LogP contribution < -0.4 is 0 Å². The Kier molecular flexibility index (Phi) is 4.67. The van der Waals surface area contributed by atoms with E-state index < -0.39 is 0 Å². The van der Waals surface area contributed by atoms with Gasteiger partial charge in [0.05, 0.1) is 5.88 Å². The summed E-state index contributed by atoms with van der Waals surface area (Å²) in [5.74, 6) is 0.470. The van der Waals surface area contributed by atoms with Crippen molar-refractivity contribution < 1.29 is 0 Å². The molecule has 2 heteroatoms. The Labute approximate surface area is 55.1 Å². The first kappa shape index (κ1) is 7.70. The van der Waals surface area contributed by atoms with Gasteiger partial charge < -0.3 is 0 Å². The van der Waals surface area contributed by atoms with Crippen LogP contribution in [0.2, 0.25) is 0 Å². The molecule has 0 aliphatic heterocycles. The van der Waals surface area contributed by atoms with E-state index in [1.807, 2.05) is 6.92 Å². The second-order valence-corrected chi connectivity index (χ2v) is 1.57. The van der Waals surface area contributed by atoms with Gasteiger partial charge in [-0.1, -0.05) is 6.58 Å². The predicted molar refractivity (Wildman–Crippen MR) is 38.9 cm³/mol. The highest BCUT2D eigenvalue weighted by Gasteiger charge is 1.84. The van der Waals surface area contributed by atoms with E-state index >= 15 is 0 Å². The van der Waals surface area contributed by atoms with Crippen molar-refractivity contribution in [2.24, 2.45) is 4.99 Å². The van der Waals surface area contributed by atoms with Crippen LogP contribution >= 0.6 is 11.6 Å². The zero-order valence-electron chi connectivity index (χ0n) is 5.02. The second-order valence-electron chi connectivity index (χ2n) is 1.30. The lowest BCUT2D eigenvalue weighted by Crippen LogP contribution is -1.94. The normalized spacial score (nSPS) is 11.5. The van der Waals surface area contributed by atoms with E-state index in [2.05, 4.69) is 11.6 Å². The summed E-state index contributed by atoms with van der Waals surface area (Å²) in [5, 5.41) is 0. The molecule has 0 saturated heterocycles. The molecule has 0 N–H and O–H groups in total. The van der Waals surface area contributed by atoms with Crippen LogP contribution in [0.5, 0.6) is 0 Å². The van der Waals surface area contributed by atoms with Gasteiger partial charge in [-0.05, 0) is 13.0 Å². The summed E-state index contributed by atoms with van der Waals surface area (Å²) in [7, 11) is 0. The molecule has 1 nitrogen and oxygen atoms in total. The average Bonchev–Trinajstić information content (AvgIpc) is 1.83. The maximum absolute atomic E-state index is 5.44. The minimum atomic E-state index is 0.470. The van der Waals surface area contributed by atoms with Gasteiger partial charge in [0.25, 0.3) is 0 Å². The van der Waals surface area contributed by atoms with Crippen LogP contribution in [0, 0.1) is 0 Å². The van der Waals surface area contributed by atoms with Gasteiger partial charge in [0.15, 0.2) is 0 Å². The zero-order valence-corrected chi connectivity index (χ0v) is 5.78. The summed E-state index contributed by atoms with van der Waals surface area (Å²) in [4.78, 5) is 4.03. The molecule has 0 radical (unpaired) electrons. The van der Waals surface area contributed by atoms with Gasteiger partial charge in [0, 0.05) is 12.3 Å². The fourth-order valence-corrected chi connectivity index (χ4v) is 0.558. The van der Waals surface area contributed by atoms with Crippen LogP contribution in [0.25, 0.3) is 0 Å². The molecule has 0 bridgehead atoms. The molecule has 0 heterocycles. The van der Waals surface area contributed by atoms with E-state index in [1.54, 1.807) is 6.08 Å². The molecule has 0 unspecified atom stereocenters. The zero-order chi connectivity index (χ0) is 6.41. The van der Waals surface area contributed by atoms with Gasteiger partial charge >= 0.3 is 0 Å². The predicted octanol–water partition coefficient (Wildman–Crippen LogP) is 1.87. The Bertz CT molecular complexity index is 96.7. The molecular formula is C6H10ClN. The molecule has 46 valence electrons. The SMILES string of the molecule is C=CC(CCl)=NCC. The lowest BCUT2D eigenvalue weighted by atomic mass is 10.4. The first-order chi connectivity index (χ1) is 3.85. The lowest BCUT2D eigenvalue weighted by Gasteiger charge is -1.89. The summed E-state index contributed by atoms with van der Waals surface area (Å²) in [5.41, 5.74) is 0.870. The van der Waals surface area contributed by atoms with Crippen molar-refractivity contribution in [3.05, 3.63) is 12.7 Å². The van der Waals surface area contributed by atoms with Crippen molar-refractivity contribution in [1.29, 1.82) is 0 Å². The smallest absolute Gasteiger partial charge is 0.0642 e. The van der Waals surface area contributed by atoms with E-state index in [0.717, 1.165) is 12.3 Å². The van der Waals surface area contributed by atoms with Crippen molar-refractivity contribution in [3.63, 3.8) is 0 Å². The summed E-state index contributed by atoms with van der Waals surface area (Å²) in [6.45, 7) is 6.29. The summed E-state index contributed by atoms with van der Waals surface area (Å²) >= 11 is 5.44. The molecule has 0 fully saturated rings. The van der Waals surface area contributed by atoms with Gasteiger partial charge in [-0.15, -0.1) is 11.6 Å². The monoisotopic (exact) mass is 131 g/mol. The van der Waals surface area contributed by atoms with Crippen molar-refractivity contribution in [3.8, 4) is 0 Å². The maximum atomic E-state index is 5.44. The van der Waals surface area contributed by atoms with Crippen LogP contribution in [0.15, 0.2) is 17.6 Å². The number of alkyl halides is 1. The van der Waals surface area contributed by atoms with Crippen LogP contribution in [0.3, 0.4) is 0 Å². The standard InChI is InChI=1S/C6H10ClN/c1-3-6(5-7)8-4-2/h3H,1,4-5H2,2H3. The first-order valence-corrected chi connectivity index (χ1v) is 3.10. The molecule has 8 heavy (non-hydrogen) atoms. The average molecular weight is 132 g/mol. The molecular weight excluding hydrogens is 122 g/mol. The van der Waals surface area contributed by atoms with E-state index in [0.29, 0.717) is 5.88 Å². The lowest BCUT2D eigenvalue weighted by molar-refractivity contribution is 1.13. The fourth-order valence-electron chi connectivity index (χ4n) is 0.364. The number of hydrogen-bond donors (Lipinski definition) is 0. The summed E-state index contributed by atoms with van der Waals surface area (Å²) < 4.78 is 0. The highest BCUT2D eigenvalue weighted by Crippen LogP contribution is 1.84. The van der Waals surface area contributed by atoms with E-state index in [4.69, 9.17) is 11.6 Å². The Hall–Kier alpha value is -0.300. The molecule has 0 aliphatic carbocycles. The number of allylic oxidation sites excluding steroid dienone is 1. The molecule has 0 atom stereocenters. The Balaban J connectivity index is 3.66. The van der Waals surface area contributed by atoms with E-state index in [-0.39, 0.29) is 0 Å². The quantitative estimate of drug-likeness (QED) is 0.410. The molecule has 0 aliphatic rings. The minimum Gasteiger partial charge on any atom is -0.289 e. The number of halogens is 1. The largest absolute Gasteiger partial charge is 0.289 e. The van der Waals surface area contributed by atoms with Crippen LogP contribution in [-0.2, 0) is 0 Å². The molecule has 0 spiro atoms. The van der Waals surface area contributed by atoms with Crippen molar-refractivity contribution in [2.45, 2.75) is 6.92 Å². The molecule has 0 aromatic rings. The van der Waals surface area contributed by atoms with Gasteiger partial charge in [-0.25, -0.2) is 0 Å². The molecule has 0 aromatic carbocycles. The summed E-state index contributed by atoms with van der Waals surface area (Å²) in [6, 6.07) is 0. The second kappa shape index (κ2) is 4.85. The van der Waals surface area contributed by atoms with Gasteiger partial charge in [0.2, 0.25) is 0 Å². The van der Waals surface area contributed by atoms with E-state index in [1.165, 1.54) is 0 Å². The third-order valence-electron chi connectivity index (χ3n) is 0.734. The highest BCUT2D eigenvalue weighted by atomic mass is 35.5. The first-order valence-electron chi connectivity index (χ1n) is 2.56. The van der Waals surface area contributed by atoms with Crippen molar-refractivity contribution in [2.75, 3.05) is 12.4 Å². The highest BCUT2D eigenvalue weighted by molar-refractivity contribution is 6.30. The third-order valence-corrected chi connectivity index (χ3v) is 1.01. The molecule has 0 amide bonds. The molecule has 0 aromatic heterocycles. The van der Waals surface area contributed by atoms with Crippen LogP contribution in [0.4, 0.5) is 0 Å². The number of hydrogen-bond acceptors (Lipinski definition) is 1. The number of rotatable bonds is 3. The third kappa shape index (κ3) is 2.80. The fraction of sp³-hybridized carbons (Fsp3) is 0.500. The van der Waals surface area contributed by atoms with Gasteiger partial charge in [0.1, 0.15) is 0 Å².